The van der Waals surface area contributed by atoms with E-state index in [-0.39, 0.29) is 17.2 Å². The molecule has 3 aromatic rings. The maximum atomic E-state index is 14.3. The van der Waals surface area contributed by atoms with Crippen LogP contribution in [0.2, 0.25) is 0 Å². The second kappa shape index (κ2) is 4.65. The summed E-state index contributed by atoms with van der Waals surface area (Å²) in [5.74, 6) is -3.06. The molecule has 1 saturated carbocycles. The van der Waals surface area contributed by atoms with Gasteiger partial charge in [0, 0.05) is 23.9 Å². The molecule has 0 unspecified atom stereocenters. The van der Waals surface area contributed by atoms with Gasteiger partial charge in [-0.25, -0.2) is 4.98 Å². The van der Waals surface area contributed by atoms with Crippen molar-refractivity contribution >= 4 is 0 Å². The van der Waals surface area contributed by atoms with E-state index < -0.39 is 11.8 Å². The van der Waals surface area contributed by atoms with Crippen molar-refractivity contribution in [3.63, 3.8) is 0 Å². The monoisotopic (exact) mass is 304 g/mol. The zero-order valence-corrected chi connectivity index (χ0v) is 11.2. The highest BCUT2D eigenvalue weighted by atomic mass is 19.3. The predicted octanol–water partition coefficient (Wildman–Crippen LogP) is 2.27. The summed E-state index contributed by atoms with van der Waals surface area (Å²) in [6, 6.07) is 2.66. The van der Waals surface area contributed by atoms with E-state index in [0.717, 1.165) is 24.9 Å². The van der Waals surface area contributed by atoms with E-state index in [1.54, 1.807) is 0 Å². The predicted molar refractivity (Wildman–Crippen MR) is 68.9 cm³/mol. The molecule has 0 bridgehead atoms. The fraction of sp³-hybridized carbons (Fsp3) is 0.308. The Bertz CT molecular complexity index is 796. The molecule has 1 N–H and O–H groups in total. The number of hydrogen-bond donors (Lipinski definition) is 1. The second-order valence-electron chi connectivity index (χ2n) is 5.06. The molecule has 0 atom stereocenters. The summed E-state index contributed by atoms with van der Waals surface area (Å²) in [6.45, 7) is 0. The van der Waals surface area contributed by atoms with Crippen molar-refractivity contribution in [2.45, 2.75) is 24.7 Å². The van der Waals surface area contributed by atoms with Crippen LogP contribution in [0.25, 0.3) is 11.6 Å². The van der Waals surface area contributed by atoms with Crippen molar-refractivity contribution in [1.29, 1.82) is 0 Å². The van der Waals surface area contributed by atoms with Crippen LogP contribution in [0, 0.1) is 0 Å². The van der Waals surface area contributed by atoms with Gasteiger partial charge in [0.25, 0.3) is 0 Å². The number of aromatic amines is 1. The highest BCUT2D eigenvalue weighted by Crippen LogP contribution is 2.38. The number of nitrogens with zero attached hydrogens (tertiary/aromatic N) is 5. The molecule has 0 amide bonds. The third-order valence-electron chi connectivity index (χ3n) is 3.39. The van der Waals surface area contributed by atoms with Gasteiger partial charge >= 0.3 is 11.8 Å². The van der Waals surface area contributed by atoms with E-state index in [0.29, 0.717) is 5.92 Å². The average Bonchev–Trinajstić information content (AvgIpc) is 3.06. The minimum Gasteiger partial charge on any atom is -0.332 e. The lowest BCUT2D eigenvalue weighted by Gasteiger charge is -2.10. The van der Waals surface area contributed by atoms with Crippen LogP contribution in [0.3, 0.4) is 0 Å². The molecule has 0 aliphatic heterocycles. The maximum Gasteiger partial charge on any atom is 0.351 e. The van der Waals surface area contributed by atoms with E-state index in [1.165, 1.54) is 18.3 Å². The molecule has 112 valence electrons. The first kappa shape index (κ1) is 13.0. The van der Waals surface area contributed by atoms with Crippen molar-refractivity contribution in [3.8, 4) is 11.6 Å². The largest absolute Gasteiger partial charge is 0.351 e. The van der Waals surface area contributed by atoms with Gasteiger partial charge < -0.3 is 4.52 Å². The summed E-state index contributed by atoms with van der Waals surface area (Å²) in [4.78, 5) is 11.6. The van der Waals surface area contributed by atoms with Crippen LogP contribution in [-0.2, 0) is 5.92 Å². The van der Waals surface area contributed by atoms with Crippen LogP contribution in [0.4, 0.5) is 8.78 Å². The van der Waals surface area contributed by atoms with Gasteiger partial charge in [-0.1, -0.05) is 5.16 Å². The minimum atomic E-state index is -3.42. The van der Waals surface area contributed by atoms with E-state index in [2.05, 4.69) is 30.3 Å². The first-order valence-corrected chi connectivity index (χ1v) is 6.70. The summed E-state index contributed by atoms with van der Waals surface area (Å²) in [6.07, 6.45) is 4.56. The van der Waals surface area contributed by atoms with Crippen molar-refractivity contribution in [3.05, 3.63) is 41.8 Å². The zero-order valence-electron chi connectivity index (χ0n) is 11.2. The molecule has 4 rings (SSSR count). The van der Waals surface area contributed by atoms with Gasteiger partial charge in [0.15, 0.2) is 0 Å². The number of alkyl halides is 2. The molecule has 1 fully saturated rings. The van der Waals surface area contributed by atoms with E-state index >= 15 is 0 Å². The normalized spacial score (nSPS) is 15.2. The Morgan fingerprint density at radius 3 is 2.82 bits per heavy atom. The van der Waals surface area contributed by atoms with Gasteiger partial charge in [-0.3, -0.25) is 10.1 Å². The lowest BCUT2D eigenvalue weighted by molar-refractivity contribution is 0.00729. The van der Waals surface area contributed by atoms with Crippen LogP contribution in [0.15, 0.2) is 29.0 Å². The molecule has 3 heterocycles. The highest BCUT2D eigenvalue weighted by molar-refractivity contribution is 5.41. The summed E-state index contributed by atoms with van der Waals surface area (Å²) >= 11 is 0. The van der Waals surface area contributed by atoms with Crippen molar-refractivity contribution in [1.82, 2.24) is 30.3 Å². The number of nitrogens with one attached hydrogen (secondary N) is 1. The van der Waals surface area contributed by atoms with Gasteiger partial charge in [0.05, 0.1) is 0 Å². The smallest absolute Gasteiger partial charge is 0.332 e. The van der Waals surface area contributed by atoms with Gasteiger partial charge in [0.2, 0.25) is 11.6 Å². The first-order chi connectivity index (χ1) is 10.6. The molecule has 0 aromatic carbocycles. The lowest BCUT2D eigenvalue weighted by atomic mass is 10.1. The minimum absolute atomic E-state index is 0.0679. The molecule has 1 aliphatic carbocycles. The molecule has 7 nitrogen and oxygen atoms in total. The maximum absolute atomic E-state index is 14.3. The summed E-state index contributed by atoms with van der Waals surface area (Å²) in [5.41, 5.74) is -0.321. The fourth-order valence-electron chi connectivity index (χ4n) is 2.03. The van der Waals surface area contributed by atoms with Gasteiger partial charge in [-0.15, -0.1) is 5.10 Å². The Balaban J connectivity index is 1.65. The van der Waals surface area contributed by atoms with E-state index in [1.807, 2.05) is 0 Å². The zero-order chi connectivity index (χ0) is 15.2. The quantitative estimate of drug-likeness (QED) is 0.794. The van der Waals surface area contributed by atoms with Crippen molar-refractivity contribution < 1.29 is 13.3 Å². The standard InChI is InChI=1S/C13H10F2N6O/c14-13(15,8-2-1-5-16-6-8)12-18-11(21-22-12)10-17-9(19-20-10)7-3-4-7/h1-2,5-7H,3-4H2,(H,17,19,20). The van der Waals surface area contributed by atoms with Crippen LogP contribution < -0.4 is 0 Å². The van der Waals surface area contributed by atoms with Gasteiger partial charge in [-0.05, 0) is 25.0 Å². The van der Waals surface area contributed by atoms with Crippen molar-refractivity contribution in [2.24, 2.45) is 0 Å². The van der Waals surface area contributed by atoms with Crippen LogP contribution in [-0.4, -0.2) is 30.3 Å². The molecule has 0 spiro atoms. The number of hydrogen-bond acceptors (Lipinski definition) is 6. The topological polar surface area (TPSA) is 93.4 Å². The Morgan fingerprint density at radius 2 is 2.09 bits per heavy atom. The Hall–Kier alpha value is -2.71. The first-order valence-electron chi connectivity index (χ1n) is 6.70. The molecule has 0 radical (unpaired) electrons. The van der Waals surface area contributed by atoms with Crippen LogP contribution >= 0.6 is 0 Å². The highest BCUT2D eigenvalue weighted by Gasteiger charge is 2.41. The molecular weight excluding hydrogens is 294 g/mol. The summed E-state index contributed by atoms with van der Waals surface area (Å²) < 4.78 is 33.2. The number of halogens is 2. The number of pyridine rings is 1. The molecule has 3 aromatic heterocycles. The molecule has 9 heteroatoms. The Morgan fingerprint density at radius 1 is 1.23 bits per heavy atom. The summed E-state index contributed by atoms with van der Waals surface area (Å²) in [7, 11) is 0. The Labute approximate surface area is 122 Å². The molecule has 0 saturated heterocycles. The number of aromatic nitrogens is 6. The molecule has 22 heavy (non-hydrogen) atoms. The SMILES string of the molecule is FC(F)(c1cccnc1)c1nc(-c2n[nH]c(C3CC3)n2)no1. The van der Waals surface area contributed by atoms with E-state index in [9.17, 15) is 8.78 Å². The Kier molecular flexibility index (Phi) is 2.75. The number of rotatable bonds is 4. The molecule has 1 aliphatic rings. The average molecular weight is 304 g/mol. The van der Waals surface area contributed by atoms with Crippen molar-refractivity contribution in [2.75, 3.05) is 0 Å². The molecular formula is C13H10F2N6O. The fourth-order valence-corrected chi connectivity index (χ4v) is 2.03. The van der Waals surface area contributed by atoms with Gasteiger partial charge in [-0.2, -0.15) is 13.8 Å². The van der Waals surface area contributed by atoms with Gasteiger partial charge in [0.1, 0.15) is 5.82 Å². The third-order valence-corrected chi connectivity index (χ3v) is 3.39. The third kappa shape index (κ3) is 2.14. The summed E-state index contributed by atoms with van der Waals surface area (Å²) in [5, 5.41) is 10.2. The van der Waals surface area contributed by atoms with E-state index in [4.69, 9.17) is 4.52 Å². The van der Waals surface area contributed by atoms with Crippen LogP contribution in [0.5, 0.6) is 0 Å². The lowest BCUT2D eigenvalue weighted by Crippen LogP contribution is -2.16. The second-order valence-corrected chi connectivity index (χ2v) is 5.06. The number of H-pyrrole nitrogens is 1. The van der Waals surface area contributed by atoms with Crippen LogP contribution in [0.1, 0.15) is 36.0 Å².